The number of amides is 1. The molecule has 2 aromatic rings. The molecule has 2 heterocycles. The molecule has 1 N–H and O–H groups in total. The molecule has 8 nitrogen and oxygen atoms in total. The molecule has 0 radical (unpaired) electrons. The predicted molar refractivity (Wildman–Crippen MR) is 114 cm³/mol. The molecule has 0 atom stereocenters. The van der Waals surface area contributed by atoms with Crippen LogP contribution in [0.1, 0.15) is 55.1 Å². The van der Waals surface area contributed by atoms with E-state index in [0.29, 0.717) is 19.6 Å². The molecule has 3 rings (SSSR count). The van der Waals surface area contributed by atoms with Crippen molar-refractivity contribution in [2.75, 3.05) is 13.1 Å². The lowest BCUT2D eigenvalue weighted by Crippen LogP contribution is -2.35. The van der Waals surface area contributed by atoms with Crippen molar-refractivity contribution in [3.63, 3.8) is 0 Å². The van der Waals surface area contributed by atoms with Crippen LogP contribution in [0.25, 0.3) is 0 Å². The molecule has 0 aliphatic carbocycles. The van der Waals surface area contributed by atoms with Gasteiger partial charge in [0.25, 0.3) is 11.5 Å². The third-order valence-electron chi connectivity index (χ3n) is 5.15. The smallest absolute Gasteiger partial charge is 0.271 e. The third-order valence-corrected chi connectivity index (χ3v) is 7.06. The van der Waals surface area contributed by atoms with Gasteiger partial charge in [-0.1, -0.05) is 31.9 Å². The maximum atomic E-state index is 12.7. The van der Waals surface area contributed by atoms with E-state index in [4.69, 9.17) is 0 Å². The number of aryl methyl sites for hydroxylation is 1. The van der Waals surface area contributed by atoms with Gasteiger partial charge in [-0.15, -0.1) is 0 Å². The number of piperidine rings is 1. The molecule has 30 heavy (non-hydrogen) atoms. The summed E-state index contributed by atoms with van der Waals surface area (Å²) in [5.74, 6) is -0.384. The molecule has 1 aliphatic heterocycles. The Balaban J connectivity index is 1.62. The van der Waals surface area contributed by atoms with Gasteiger partial charge in [-0.2, -0.15) is 9.40 Å². The molecule has 0 unspecified atom stereocenters. The molecule has 0 saturated carbocycles. The number of rotatable bonds is 8. The highest BCUT2D eigenvalue weighted by atomic mass is 32.2. The third kappa shape index (κ3) is 5.34. The van der Waals surface area contributed by atoms with Gasteiger partial charge in [-0.3, -0.25) is 9.59 Å². The second-order valence-corrected chi connectivity index (χ2v) is 9.36. The fraction of sp³-hybridized carbons (Fsp3) is 0.476. The van der Waals surface area contributed by atoms with Crippen LogP contribution in [0.15, 0.2) is 46.1 Å². The first-order valence-electron chi connectivity index (χ1n) is 10.4. The number of nitrogens with one attached hydrogen (secondary N) is 1. The Hall–Kier alpha value is -2.52. The lowest BCUT2D eigenvalue weighted by atomic mass is 10.2. The molecule has 0 spiro atoms. The van der Waals surface area contributed by atoms with E-state index in [2.05, 4.69) is 10.4 Å². The molecular formula is C21H28N4O4S. The van der Waals surface area contributed by atoms with Crippen LogP contribution < -0.4 is 10.9 Å². The number of sulfonamides is 1. The molecule has 1 aromatic carbocycles. The highest BCUT2D eigenvalue weighted by Gasteiger charge is 2.25. The van der Waals surface area contributed by atoms with Gasteiger partial charge in [0.2, 0.25) is 10.0 Å². The topological polar surface area (TPSA) is 101 Å². The van der Waals surface area contributed by atoms with E-state index in [1.807, 2.05) is 6.92 Å². The van der Waals surface area contributed by atoms with Gasteiger partial charge >= 0.3 is 0 Å². The largest absolute Gasteiger partial charge is 0.347 e. The fourth-order valence-corrected chi connectivity index (χ4v) is 4.86. The number of aromatic nitrogens is 2. The maximum Gasteiger partial charge on any atom is 0.271 e. The van der Waals surface area contributed by atoms with Crippen molar-refractivity contribution < 1.29 is 13.2 Å². The Labute approximate surface area is 177 Å². The monoisotopic (exact) mass is 432 g/mol. The number of carbonyl (C=O) groups excluding carboxylic acids is 1. The number of carbonyl (C=O) groups is 1. The average molecular weight is 433 g/mol. The van der Waals surface area contributed by atoms with Gasteiger partial charge in [-0.05, 0) is 43.0 Å². The van der Waals surface area contributed by atoms with Gasteiger partial charge in [0.05, 0.1) is 4.90 Å². The van der Waals surface area contributed by atoms with E-state index >= 15 is 0 Å². The fourth-order valence-electron chi connectivity index (χ4n) is 3.34. The summed E-state index contributed by atoms with van der Waals surface area (Å²) in [4.78, 5) is 24.5. The molecule has 1 fully saturated rings. The molecule has 1 amide bonds. The molecule has 9 heteroatoms. The molecule has 1 saturated heterocycles. The summed E-state index contributed by atoms with van der Waals surface area (Å²) in [6, 6.07) is 9.31. The van der Waals surface area contributed by atoms with Crippen LogP contribution in [-0.4, -0.2) is 41.5 Å². The minimum atomic E-state index is -3.47. The van der Waals surface area contributed by atoms with E-state index in [1.165, 1.54) is 21.1 Å². The Morgan fingerprint density at radius 2 is 1.77 bits per heavy atom. The summed E-state index contributed by atoms with van der Waals surface area (Å²) in [5, 5.41) is 6.89. The standard InChI is InChI=1S/C21H28N4O4S/c1-2-3-15-25-20(26)12-11-19(23-25)21(27)22-16-17-7-9-18(10-8-17)30(28,29)24-13-5-4-6-14-24/h7-12H,2-6,13-16H2,1H3,(H,22,27). The Morgan fingerprint density at radius 3 is 2.43 bits per heavy atom. The van der Waals surface area contributed by atoms with Crippen LogP contribution in [-0.2, 0) is 23.1 Å². The van der Waals surface area contributed by atoms with Crippen molar-refractivity contribution in [3.8, 4) is 0 Å². The van der Waals surface area contributed by atoms with Crippen molar-refractivity contribution in [3.05, 3.63) is 58.0 Å². The summed E-state index contributed by atoms with van der Waals surface area (Å²) >= 11 is 0. The first-order chi connectivity index (χ1) is 14.4. The number of hydrogen-bond donors (Lipinski definition) is 1. The molecular weight excluding hydrogens is 404 g/mol. The summed E-state index contributed by atoms with van der Waals surface area (Å²) in [7, 11) is -3.47. The van der Waals surface area contributed by atoms with Crippen LogP contribution in [0, 0.1) is 0 Å². The zero-order chi connectivity index (χ0) is 21.6. The zero-order valence-electron chi connectivity index (χ0n) is 17.2. The number of unbranched alkanes of at least 4 members (excludes halogenated alkanes) is 1. The van der Waals surface area contributed by atoms with E-state index in [9.17, 15) is 18.0 Å². The van der Waals surface area contributed by atoms with Crippen LogP contribution in [0.2, 0.25) is 0 Å². The predicted octanol–water partition coefficient (Wildman–Crippen LogP) is 2.15. The Morgan fingerprint density at radius 1 is 1.07 bits per heavy atom. The van der Waals surface area contributed by atoms with Crippen molar-refractivity contribution in [2.24, 2.45) is 0 Å². The zero-order valence-corrected chi connectivity index (χ0v) is 18.0. The summed E-state index contributed by atoms with van der Waals surface area (Å²) in [5.41, 5.74) is 0.723. The van der Waals surface area contributed by atoms with E-state index in [1.54, 1.807) is 24.3 Å². The molecule has 162 valence electrons. The first kappa shape index (κ1) is 22.2. The number of benzene rings is 1. The Bertz CT molecular complexity index is 1030. The van der Waals surface area contributed by atoms with Gasteiger partial charge in [0.1, 0.15) is 5.69 Å². The number of nitrogens with zero attached hydrogens (tertiary/aromatic N) is 3. The molecule has 0 bridgehead atoms. The number of hydrogen-bond acceptors (Lipinski definition) is 5. The second kappa shape index (κ2) is 9.99. The normalized spacial score (nSPS) is 15.1. The lowest BCUT2D eigenvalue weighted by molar-refractivity contribution is 0.0943. The van der Waals surface area contributed by atoms with Crippen LogP contribution in [0.3, 0.4) is 0 Å². The van der Waals surface area contributed by atoms with E-state index in [-0.39, 0.29) is 28.6 Å². The highest BCUT2D eigenvalue weighted by Crippen LogP contribution is 2.20. The van der Waals surface area contributed by atoms with Gasteiger partial charge in [-0.25, -0.2) is 13.1 Å². The van der Waals surface area contributed by atoms with Gasteiger partial charge in [0, 0.05) is 32.2 Å². The lowest BCUT2D eigenvalue weighted by Gasteiger charge is -2.25. The van der Waals surface area contributed by atoms with Gasteiger partial charge < -0.3 is 5.32 Å². The van der Waals surface area contributed by atoms with Crippen molar-refractivity contribution in [2.45, 2.75) is 57.0 Å². The van der Waals surface area contributed by atoms with E-state index < -0.39 is 10.0 Å². The summed E-state index contributed by atoms with van der Waals surface area (Å²) < 4.78 is 28.2. The second-order valence-electron chi connectivity index (χ2n) is 7.42. The maximum absolute atomic E-state index is 12.7. The average Bonchev–Trinajstić information content (AvgIpc) is 2.77. The van der Waals surface area contributed by atoms with Gasteiger partial charge in [0.15, 0.2) is 0 Å². The van der Waals surface area contributed by atoms with Crippen LogP contribution in [0.4, 0.5) is 0 Å². The Kier molecular flexibility index (Phi) is 7.38. The highest BCUT2D eigenvalue weighted by molar-refractivity contribution is 7.89. The minimum Gasteiger partial charge on any atom is -0.347 e. The van der Waals surface area contributed by atoms with Crippen LogP contribution >= 0.6 is 0 Å². The van der Waals surface area contributed by atoms with Crippen molar-refractivity contribution >= 4 is 15.9 Å². The van der Waals surface area contributed by atoms with Crippen LogP contribution in [0.5, 0.6) is 0 Å². The first-order valence-corrected chi connectivity index (χ1v) is 11.8. The molecule has 1 aliphatic rings. The minimum absolute atomic E-state index is 0.176. The summed E-state index contributed by atoms with van der Waals surface area (Å²) in [6.45, 7) is 3.85. The van der Waals surface area contributed by atoms with Crippen molar-refractivity contribution in [1.82, 2.24) is 19.4 Å². The summed E-state index contributed by atoms with van der Waals surface area (Å²) in [6.07, 6.45) is 4.58. The SMILES string of the molecule is CCCCn1nc(C(=O)NCc2ccc(S(=O)(=O)N3CCCCC3)cc2)ccc1=O. The quantitative estimate of drug-likeness (QED) is 0.689. The van der Waals surface area contributed by atoms with Crippen molar-refractivity contribution in [1.29, 1.82) is 0 Å². The molecule has 1 aromatic heterocycles. The van der Waals surface area contributed by atoms with E-state index in [0.717, 1.165) is 37.7 Å².